The molecule has 0 bridgehead atoms. The average Bonchev–Trinajstić information content (AvgIpc) is 2.13. The van der Waals surface area contributed by atoms with Crippen LogP contribution >= 0.6 is 0 Å². The molecule has 104 valence electrons. The predicted molar refractivity (Wildman–Crippen MR) is 74.2 cm³/mol. The van der Waals surface area contributed by atoms with Crippen LogP contribution in [-0.4, -0.2) is 57.0 Å². The highest BCUT2D eigenvalue weighted by Gasteiger charge is 2.11. The Balaban J connectivity index is 3.63. The zero-order chi connectivity index (χ0) is 13.5. The summed E-state index contributed by atoms with van der Waals surface area (Å²) in [4.78, 5) is 2.42. The second-order valence-corrected chi connectivity index (χ2v) is 7.42. The van der Waals surface area contributed by atoms with E-state index in [1.807, 2.05) is 0 Å². The van der Waals surface area contributed by atoms with Crippen LogP contribution in [-0.2, 0) is 9.84 Å². The van der Waals surface area contributed by atoms with Gasteiger partial charge in [-0.25, -0.2) is 8.42 Å². The van der Waals surface area contributed by atoms with Gasteiger partial charge in [0.2, 0.25) is 0 Å². The van der Waals surface area contributed by atoms with E-state index in [4.69, 9.17) is 0 Å². The first-order valence-corrected chi connectivity index (χ1v) is 8.44. The lowest BCUT2D eigenvalue weighted by Crippen LogP contribution is -2.41. The molecule has 0 rings (SSSR count). The zero-order valence-corrected chi connectivity index (χ0v) is 12.7. The average molecular weight is 264 g/mol. The Morgan fingerprint density at radius 2 is 1.59 bits per heavy atom. The van der Waals surface area contributed by atoms with E-state index < -0.39 is 9.84 Å². The van der Waals surface area contributed by atoms with Crippen molar-refractivity contribution in [3.63, 3.8) is 0 Å². The van der Waals surface area contributed by atoms with Crippen molar-refractivity contribution in [2.45, 2.75) is 46.2 Å². The Bertz CT molecular complexity index is 279. The van der Waals surface area contributed by atoms with Gasteiger partial charge in [0.15, 0.2) is 0 Å². The first-order valence-electron chi connectivity index (χ1n) is 6.38. The van der Waals surface area contributed by atoms with Crippen molar-refractivity contribution in [1.29, 1.82) is 0 Å². The van der Waals surface area contributed by atoms with Crippen molar-refractivity contribution in [3.8, 4) is 0 Å². The van der Waals surface area contributed by atoms with Gasteiger partial charge in [0.25, 0.3) is 0 Å². The lowest BCUT2D eigenvalue weighted by Gasteiger charge is -2.30. The van der Waals surface area contributed by atoms with E-state index in [0.717, 1.165) is 19.6 Å². The van der Waals surface area contributed by atoms with Crippen LogP contribution in [0.1, 0.15) is 34.1 Å². The summed E-state index contributed by atoms with van der Waals surface area (Å²) in [6, 6.07) is 1.10. The number of nitrogens with zero attached hydrogens (tertiary/aromatic N) is 1. The van der Waals surface area contributed by atoms with Crippen LogP contribution in [0.2, 0.25) is 0 Å². The molecule has 0 aromatic heterocycles. The molecule has 0 spiro atoms. The molecule has 0 unspecified atom stereocenters. The van der Waals surface area contributed by atoms with Gasteiger partial charge in [0.1, 0.15) is 9.84 Å². The molecule has 0 saturated carbocycles. The van der Waals surface area contributed by atoms with Crippen LogP contribution in [0.5, 0.6) is 0 Å². The third-order valence-corrected chi connectivity index (χ3v) is 3.77. The molecule has 0 aliphatic rings. The van der Waals surface area contributed by atoms with Gasteiger partial charge in [-0.15, -0.1) is 0 Å². The molecule has 0 saturated heterocycles. The summed E-state index contributed by atoms with van der Waals surface area (Å²) >= 11 is 0. The fourth-order valence-electron chi connectivity index (χ4n) is 1.91. The summed E-state index contributed by atoms with van der Waals surface area (Å²) in [6.07, 6.45) is 1.98. The van der Waals surface area contributed by atoms with E-state index in [2.05, 4.69) is 37.9 Å². The zero-order valence-electron chi connectivity index (χ0n) is 11.9. The minimum Gasteiger partial charge on any atom is -0.315 e. The number of hydrogen-bond acceptors (Lipinski definition) is 4. The minimum atomic E-state index is -2.80. The molecular weight excluding hydrogens is 236 g/mol. The molecule has 0 fully saturated rings. The molecule has 0 radical (unpaired) electrons. The molecule has 0 aromatic carbocycles. The molecular formula is C12H28N2O2S. The third kappa shape index (κ3) is 9.56. The lowest BCUT2D eigenvalue weighted by atomic mass is 10.2. The molecule has 17 heavy (non-hydrogen) atoms. The van der Waals surface area contributed by atoms with Crippen LogP contribution < -0.4 is 5.32 Å². The van der Waals surface area contributed by atoms with Gasteiger partial charge in [0.05, 0.1) is 5.75 Å². The smallest absolute Gasteiger partial charge is 0.147 e. The molecule has 0 aliphatic carbocycles. The monoisotopic (exact) mass is 264 g/mol. The second-order valence-electron chi connectivity index (χ2n) is 5.16. The van der Waals surface area contributed by atoms with Gasteiger partial charge in [-0.05, 0) is 40.7 Å². The molecule has 4 nitrogen and oxygen atoms in total. The fourth-order valence-corrected chi connectivity index (χ4v) is 2.57. The van der Waals surface area contributed by atoms with Crippen molar-refractivity contribution in [2.75, 3.05) is 31.6 Å². The highest BCUT2D eigenvalue weighted by molar-refractivity contribution is 7.90. The maximum Gasteiger partial charge on any atom is 0.147 e. The van der Waals surface area contributed by atoms with Gasteiger partial charge >= 0.3 is 0 Å². The highest BCUT2D eigenvalue weighted by atomic mass is 32.2. The Morgan fingerprint density at radius 3 is 2.00 bits per heavy atom. The topological polar surface area (TPSA) is 49.4 Å². The summed E-state index contributed by atoms with van der Waals surface area (Å²) in [6.45, 7) is 11.5. The predicted octanol–water partition coefficient (Wildman–Crippen LogP) is 1.13. The second kappa shape index (κ2) is 8.06. The van der Waals surface area contributed by atoms with Crippen LogP contribution in [0.3, 0.4) is 0 Å². The molecule has 0 heterocycles. The van der Waals surface area contributed by atoms with Gasteiger partial charge in [-0.3, -0.25) is 4.90 Å². The van der Waals surface area contributed by atoms with E-state index in [9.17, 15) is 8.42 Å². The Kier molecular flexibility index (Phi) is 8.00. The Hall–Kier alpha value is -0.130. The summed E-state index contributed by atoms with van der Waals surface area (Å²) in [5, 5.41) is 3.29. The quantitative estimate of drug-likeness (QED) is 0.634. The summed E-state index contributed by atoms with van der Waals surface area (Å²) in [5.74, 6) is 0.276. The van der Waals surface area contributed by atoms with Crippen molar-refractivity contribution >= 4 is 9.84 Å². The number of hydrogen-bond donors (Lipinski definition) is 1. The van der Waals surface area contributed by atoms with Gasteiger partial charge in [-0.1, -0.05) is 0 Å². The Labute approximate surface area is 107 Å². The van der Waals surface area contributed by atoms with Crippen molar-refractivity contribution in [2.24, 2.45) is 0 Å². The normalized spacial score (nSPS) is 12.9. The first-order chi connectivity index (χ1) is 7.74. The van der Waals surface area contributed by atoms with E-state index in [0.29, 0.717) is 18.5 Å². The van der Waals surface area contributed by atoms with Gasteiger partial charge in [0, 0.05) is 31.4 Å². The largest absolute Gasteiger partial charge is 0.315 e. The number of rotatable bonds is 9. The summed E-state index contributed by atoms with van der Waals surface area (Å²) < 4.78 is 21.8. The lowest BCUT2D eigenvalue weighted by molar-refractivity contribution is 0.176. The van der Waals surface area contributed by atoms with Gasteiger partial charge in [-0.2, -0.15) is 0 Å². The maximum atomic E-state index is 10.9. The van der Waals surface area contributed by atoms with Crippen LogP contribution in [0.4, 0.5) is 0 Å². The number of sulfone groups is 1. The highest BCUT2D eigenvalue weighted by Crippen LogP contribution is 2.03. The summed E-state index contributed by atoms with van der Waals surface area (Å²) in [5.41, 5.74) is 0. The van der Waals surface area contributed by atoms with Crippen molar-refractivity contribution in [1.82, 2.24) is 10.2 Å². The standard InChI is InChI=1S/C12H28N2O2S/c1-11(2)14(12(3)4)9-8-13-7-6-10-17(5,15)16/h11-13H,6-10H2,1-5H3. The summed E-state index contributed by atoms with van der Waals surface area (Å²) in [7, 11) is -2.80. The van der Waals surface area contributed by atoms with E-state index >= 15 is 0 Å². The molecule has 5 heteroatoms. The minimum absolute atomic E-state index is 0.276. The fraction of sp³-hybridized carbons (Fsp3) is 1.00. The van der Waals surface area contributed by atoms with Gasteiger partial charge < -0.3 is 5.32 Å². The molecule has 1 N–H and O–H groups in total. The van der Waals surface area contributed by atoms with E-state index in [1.54, 1.807) is 0 Å². The molecule has 0 atom stereocenters. The first kappa shape index (κ1) is 16.9. The van der Waals surface area contributed by atoms with Crippen molar-refractivity contribution < 1.29 is 8.42 Å². The third-order valence-electron chi connectivity index (χ3n) is 2.74. The number of nitrogens with one attached hydrogen (secondary N) is 1. The molecule has 0 aromatic rings. The molecule has 0 aliphatic heterocycles. The SMILES string of the molecule is CC(C)N(CCNCCCS(C)(=O)=O)C(C)C. The molecule has 0 amide bonds. The Morgan fingerprint density at radius 1 is 1.06 bits per heavy atom. The van der Waals surface area contributed by atoms with Crippen molar-refractivity contribution in [3.05, 3.63) is 0 Å². The van der Waals surface area contributed by atoms with Crippen LogP contribution in [0.25, 0.3) is 0 Å². The maximum absolute atomic E-state index is 10.9. The van der Waals surface area contributed by atoms with E-state index in [-0.39, 0.29) is 5.75 Å². The van der Waals surface area contributed by atoms with E-state index in [1.165, 1.54) is 6.26 Å². The van der Waals surface area contributed by atoms with Crippen LogP contribution in [0, 0.1) is 0 Å². The van der Waals surface area contributed by atoms with Crippen LogP contribution in [0.15, 0.2) is 0 Å².